The largest absolute Gasteiger partial charge is 0.457 e. The van der Waals surface area contributed by atoms with Crippen molar-refractivity contribution < 1.29 is 22.9 Å². The third kappa shape index (κ3) is 6.21. The molecule has 0 spiro atoms. The molecule has 1 N–H and O–H groups in total. The van der Waals surface area contributed by atoms with Gasteiger partial charge in [0.1, 0.15) is 11.5 Å². The van der Waals surface area contributed by atoms with Crippen LogP contribution in [0.3, 0.4) is 0 Å². The second-order valence-corrected chi connectivity index (χ2v) is 9.86. The van der Waals surface area contributed by atoms with Gasteiger partial charge in [0.25, 0.3) is 5.69 Å². The number of carbonyl (C=O) groups is 1. The summed E-state index contributed by atoms with van der Waals surface area (Å²) >= 11 is 0. The lowest BCUT2D eigenvalue weighted by molar-refractivity contribution is -0.385. The van der Waals surface area contributed by atoms with Crippen LogP contribution in [-0.2, 0) is 14.8 Å². The lowest BCUT2D eigenvalue weighted by Crippen LogP contribution is -2.50. The number of benzene rings is 3. The van der Waals surface area contributed by atoms with Crippen molar-refractivity contribution in [2.45, 2.75) is 4.90 Å². The minimum absolute atomic E-state index is 0.113. The van der Waals surface area contributed by atoms with E-state index in [-0.39, 0.29) is 36.1 Å². The molecule has 3 aromatic carbocycles. The number of hydrogen-bond donors (Lipinski definition) is 1. The van der Waals surface area contributed by atoms with E-state index in [4.69, 9.17) is 4.74 Å². The summed E-state index contributed by atoms with van der Waals surface area (Å²) in [6.07, 6.45) is 0. The second kappa shape index (κ2) is 10.6. The highest BCUT2D eigenvalue weighted by Gasteiger charge is 2.30. The Kier molecular flexibility index (Phi) is 7.39. The zero-order valence-electron chi connectivity index (χ0n) is 18.7. The van der Waals surface area contributed by atoms with E-state index in [1.165, 1.54) is 22.5 Å². The maximum atomic E-state index is 12.9. The first-order chi connectivity index (χ1) is 16.8. The molecule has 0 bridgehead atoms. The van der Waals surface area contributed by atoms with Gasteiger partial charge in [-0.1, -0.05) is 24.3 Å². The number of nitrogens with one attached hydrogen (secondary N) is 1. The molecule has 10 nitrogen and oxygen atoms in total. The Bertz CT molecular complexity index is 1290. The average Bonchev–Trinajstić information content (AvgIpc) is 2.86. The lowest BCUT2D eigenvalue weighted by Gasteiger charge is -2.33. The molecule has 3 aromatic rings. The van der Waals surface area contributed by atoms with E-state index in [0.717, 1.165) is 11.8 Å². The fourth-order valence-corrected chi connectivity index (χ4v) is 5.13. The van der Waals surface area contributed by atoms with Crippen molar-refractivity contribution in [3.8, 4) is 11.5 Å². The van der Waals surface area contributed by atoms with Gasteiger partial charge >= 0.3 is 0 Å². The molecule has 1 aliphatic heterocycles. The molecule has 0 unspecified atom stereocenters. The molecule has 1 saturated heterocycles. The molecule has 0 aliphatic carbocycles. The molecule has 1 aliphatic rings. The topological polar surface area (TPSA) is 122 Å². The zero-order valence-corrected chi connectivity index (χ0v) is 19.6. The number of non-ortho nitro benzene ring substituents is 1. The Hall–Kier alpha value is -3.80. The number of para-hydroxylation sites is 1. The summed E-state index contributed by atoms with van der Waals surface area (Å²) in [6.45, 7) is 1.22. The number of carbonyl (C=O) groups excluding carboxylic acids is 1. The Morgan fingerprint density at radius 2 is 1.57 bits per heavy atom. The summed E-state index contributed by atoms with van der Waals surface area (Å²) in [4.78, 5) is 24.6. The van der Waals surface area contributed by atoms with E-state index < -0.39 is 14.9 Å². The highest BCUT2D eigenvalue weighted by Crippen LogP contribution is 2.23. The number of ether oxygens (including phenoxy) is 1. The summed E-state index contributed by atoms with van der Waals surface area (Å²) in [7, 11) is -3.86. The number of nitrogens with zero attached hydrogens (tertiary/aromatic N) is 3. The third-order valence-electron chi connectivity index (χ3n) is 5.48. The van der Waals surface area contributed by atoms with Crippen LogP contribution in [0, 0.1) is 10.1 Å². The molecule has 35 heavy (non-hydrogen) atoms. The van der Waals surface area contributed by atoms with Gasteiger partial charge in [-0.05, 0) is 42.5 Å². The lowest BCUT2D eigenvalue weighted by atomic mass is 10.3. The smallest absolute Gasteiger partial charge is 0.270 e. The first-order valence-corrected chi connectivity index (χ1v) is 12.3. The summed E-state index contributed by atoms with van der Waals surface area (Å²) in [6, 6.07) is 21.4. The fourth-order valence-electron chi connectivity index (χ4n) is 3.67. The van der Waals surface area contributed by atoms with Gasteiger partial charge in [0.05, 0.1) is 16.4 Å². The van der Waals surface area contributed by atoms with Crippen LogP contribution < -0.4 is 10.1 Å². The van der Waals surface area contributed by atoms with E-state index in [1.54, 1.807) is 24.3 Å². The van der Waals surface area contributed by atoms with Crippen molar-refractivity contribution in [2.24, 2.45) is 0 Å². The van der Waals surface area contributed by atoms with Gasteiger partial charge in [0, 0.05) is 44.0 Å². The molecule has 0 atom stereocenters. The van der Waals surface area contributed by atoms with Crippen molar-refractivity contribution in [1.29, 1.82) is 0 Å². The summed E-state index contributed by atoms with van der Waals surface area (Å²) in [5.41, 5.74) is 0.350. The minimum Gasteiger partial charge on any atom is -0.457 e. The van der Waals surface area contributed by atoms with Crippen molar-refractivity contribution in [3.05, 3.63) is 89.0 Å². The normalized spacial score (nSPS) is 14.9. The molecular weight excluding hydrogens is 472 g/mol. The number of hydrogen-bond acceptors (Lipinski definition) is 7. The molecule has 4 rings (SSSR count). The number of piperazine rings is 1. The van der Waals surface area contributed by atoms with Gasteiger partial charge in [-0.15, -0.1) is 0 Å². The van der Waals surface area contributed by atoms with E-state index in [2.05, 4.69) is 5.32 Å². The van der Waals surface area contributed by atoms with Crippen LogP contribution in [0.25, 0.3) is 0 Å². The monoisotopic (exact) mass is 496 g/mol. The van der Waals surface area contributed by atoms with Crippen LogP contribution in [-0.4, -0.2) is 61.2 Å². The third-order valence-corrected chi connectivity index (χ3v) is 7.38. The molecule has 0 aromatic heterocycles. The molecular formula is C24H24N4O6S. The van der Waals surface area contributed by atoms with Crippen LogP contribution in [0.2, 0.25) is 0 Å². The highest BCUT2D eigenvalue weighted by molar-refractivity contribution is 7.89. The van der Waals surface area contributed by atoms with E-state index >= 15 is 0 Å². The first-order valence-electron chi connectivity index (χ1n) is 10.9. The van der Waals surface area contributed by atoms with E-state index in [0.29, 0.717) is 24.5 Å². The highest BCUT2D eigenvalue weighted by atomic mass is 32.2. The average molecular weight is 497 g/mol. The van der Waals surface area contributed by atoms with Gasteiger partial charge in [0.15, 0.2) is 0 Å². The van der Waals surface area contributed by atoms with Crippen LogP contribution in [0.15, 0.2) is 83.8 Å². The molecule has 11 heteroatoms. The second-order valence-electron chi connectivity index (χ2n) is 7.92. The van der Waals surface area contributed by atoms with Crippen molar-refractivity contribution >= 4 is 27.3 Å². The summed E-state index contributed by atoms with van der Waals surface area (Å²) in [5.74, 6) is 1.16. The number of amides is 1. The van der Waals surface area contributed by atoms with Crippen molar-refractivity contribution in [2.75, 3.05) is 38.0 Å². The number of rotatable bonds is 8. The minimum atomic E-state index is -3.86. The summed E-state index contributed by atoms with van der Waals surface area (Å²) in [5, 5.41) is 13.8. The Labute approximate surface area is 202 Å². The van der Waals surface area contributed by atoms with Crippen LogP contribution in [0.4, 0.5) is 11.4 Å². The number of anilines is 1. The van der Waals surface area contributed by atoms with Gasteiger partial charge in [-0.2, -0.15) is 4.31 Å². The van der Waals surface area contributed by atoms with Gasteiger partial charge in [-0.3, -0.25) is 19.8 Å². The molecule has 0 radical (unpaired) electrons. The number of sulfonamides is 1. The predicted molar refractivity (Wildman–Crippen MR) is 130 cm³/mol. The number of nitro benzene ring substituents is 1. The Balaban J connectivity index is 1.27. The first kappa shape index (κ1) is 24.3. The molecule has 1 heterocycles. The SMILES string of the molecule is O=C(CN1CCN(S(=O)(=O)c2cccc([N+](=O)[O-])c2)CC1)Nc1ccc(Oc2ccccc2)cc1. The van der Waals surface area contributed by atoms with Crippen LogP contribution >= 0.6 is 0 Å². The molecule has 1 fully saturated rings. The van der Waals surface area contributed by atoms with Crippen molar-refractivity contribution in [1.82, 2.24) is 9.21 Å². The zero-order chi connectivity index (χ0) is 24.8. The molecule has 1 amide bonds. The standard InChI is InChI=1S/C24H24N4O6S/c29-24(25-19-9-11-22(12-10-19)34-21-6-2-1-3-7-21)18-26-13-15-27(16-14-26)35(32,33)23-8-4-5-20(17-23)28(30)31/h1-12,17H,13-16,18H2,(H,25,29). The van der Waals surface area contributed by atoms with E-state index in [9.17, 15) is 23.3 Å². The Morgan fingerprint density at radius 3 is 2.23 bits per heavy atom. The van der Waals surface area contributed by atoms with Crippen LogP contribution in [0.5, 0.6) is 11.5 Å². The maximum absolute atomic E-state index is 12.9. The van der Waals surface area contributed by atoms with Gasteiger partial charge < -0.3 is 10.1 Å². The quantitative estimate of drug-likeness (QED) is 0.375. The predicted octanol–water partition coefficient (Wildman–Crippen LogP) is 3.33. The summed E-state index contributed by atoms with van der Waals surface area (Å²) < 4.78 is 32.8. The Morgan fingerprint density at radius 1 is 0.914 bits per heavy atom. The van der Waals surface area contributed by atoms with Gasteiger partial charge in [-0.25, -0.2) is 8.42 Å². The molecule has 182 valence electrons. The maximum Gasteiger partial charge on any atom is 0.270 e. The molecule has 0 saturated carbocycles. The van der Waals surface area contributed by atoms with Crippen LogP contribution in [0.1, 0.15) is 0 Å². The fraction of sp³-hybridized carbons (Fsp3) is 0.208. The van der Waals surface area contributed by atoms with Gasteiger partial charge in [0.2, 0.25) is 15.9 Å². The van der Waals surface area contributed by atoms with Crippen molar-refractivity contribution in [3.63, 3.8) is 0 Å². The number of nitro groups is 1. The van der Waals surface area contributed by atoms with E-state index in [1.807, 2.05) is 35.2 Å².